The molecule has 0 saturated heterocycles. The fourth-order valence-electron chi connectivity index (χ4n) is 4.43. The van der Waals surface area contributed by atoms with Gasteiger partial charge in [-0.25, -0.2) is 0 Å². The highest BCUT2D eigenvalue weighted by Crippen LogP contribution is 2.42. The summed E-state index contributed by atoms with van der Waals surface area (Å²) in [5, 5.41) is 0. The standard InChI is InChI=1S/C23H20O/c1-2-9-20-16(5-1)10-13-22-21(20)12-11-17-6-3-7-18(23(17)22)15-19-8-4-14-24-19/h1-6,8-9,11-12,14,18H,7,10,13,15H2. The number of rotatable bonds is 2. The van der Waals surface area contributed by atoms with Gasteiger partial charge in [-0.05, 0) is 70.7 Å². The van der Waals surface area contributed by atoms with E-state index in [2.05, 4.69) is 54.6 Å². The van der Waals surface area contributed by atoms with Crippen molar-refractivity contribution in [1.29, 1.82) is 0 Å². The Balaban J connectivity index is 1.65. The molecule has 1 unspecified atom stereocenters. The van der Waals surface area contributed by atoms with E-state index in [-0.39, 0.29) is 0 Å². The molecule has 0 spiro atoms. The van der Waals surface area contributed by atoms with Crippen LogP contribution in [0, 0.1) is 0 Å². The van der Waals surface area contributed by atoms with Crippen molar-refractivity contribution in [2.24, 2.45) is 0 Å². The maximum absolute atomic E-state index is 5.63. The van der Waals surface area contributed by atoms with Gasteiger partial charge in [0.25, 0.3) is 0 Å². The van der Waals surface area contributed by atoms with Gasteiger partial charge in [0.05, 0.1) is 6.26 Å². The van der Waals surface area contributed by atoms with Gasteiger partial charge in [0.2, 0.25) is 0 Å². The minimum Gasteiger partial charge on any atom is -0.469 e. The fourth-order valence-corrected chi connectivity index (χ4v) is 4.43. The van der Waals surface area contributed by atoms with Crippen LogP contribution < -0.4 is 0 Å². The van der Waals surface area contributed by atoms with Crippen molar-refractivity contribution >= 4 is 6.08 Å². The predicted molar refractivity (Wildman–Crippen MR) is 98.1 cm³/mol. The summed E-state index contributed by atoms with van der Waals surface area (Å²) in [6.07, 6.45) is 10.8. The highest BCUT2D eigenvalue weighted by molar-refractivity contribution is 5.77. The largest absolute Gasteiger partial charge is 0.469 e. The van der Waals surface area contributed by atoms with E-state index < -0.39 is 0 Å². The molecule has 1 heteroatoms. The molecule has 0 aliphatic heterocycles. The number of hydrogen-bond acceptors (Lipinski definition) is 1. The van der Waals surface area contributed by atoms with Crippen molar-refractivity contribution in [3.63, 3.8) is 0 Å². The van der Waals surface area contributed by atoms with E-state index in [1.807, 2.05) is 6.07 Å². The second kappa shape index (κ2) is 5.52. The molecule has 0 bridgehead atoms. The fraction of sp³-hybridized carbons (Fsp3) is 0.217. The molecule has 0 saturated carbocycles. The normalized spacial score (nSPS) is 17.9. The maximum Gasteiger partial charge on any atom is 0.104 e. The average Bonchev–Trinajstić information content (AvgIpc) is 3.14. The molecule has 1 nitrogen and oxygen atoms in total. The third kappa shape index (κ3) is 2.16. The lowest BCUT2D eigenvalue weighted by Crippen LogP contribution is -2.14. The van der Waals surface area contributed by atoms with E-state index in [0.29, 0.717) is 5.92 Å². The summed E-state index contributed by atoms with van der Waals surface area (Å²) in [7, 11) is 0. The Morgan fingerprint density at radius 3 is 2.79 bits per heavy atom. The van der Waals surface area contributed by atoms with Crippen LogP contribution in [0.4, 0.5) is 0 Å². The first-order chi connectivity index (χ1) is 11.9. The van der Waals surface area contributed by atoms with Gasteiger partial charge in [-0.1, -0.05) is 48.6 Å². The van der Waals surface area contributed by atoms with E-state index in [9.17, 15) is 0 Å². The molecule has 1 aromatic heterocycles. The summed E-state index contributed by atoms with van der Waals surface area (Å²) in [6.45, 7) is 0. The molecule has 3 aromatic rings. The van der Waals surface area contributed by atoms with Crippen LogP contribution in [0.5, 0.6) is 0 Å². The summed E-state index contributed by atoms with van der Waals surface area (Å²) in [5.74, 6) is 1.62. The number of benzene rings is 2. The van der Waals surface area contributed by atoms with Crippen molar-refractivity contribution in [3.8, 4) is 11.1 Å². The van der Waals surface area contributed by atoms with Gasteiger partial charge < -0.3 is 4.42 Å². The molecule has 2 aromatic carbocycles. The second-order valence-corrected chi connectivity index (χ2v) is 6.87. The zero-order chi connectivity index (χ0) is 15.9. The van der Waals surface area contributed by atoms with Crippen LogP contribution >= 0.6 is 0 Å². The lowest BCUT2D eigenvalue weighted by atomic mass is 9.75. The third-order valence-electron chi connectivity index (χ3n) is 5.50. The van der Waals surface area contributed by atoms with Crippen molar-refractivity contribution < 1.29 is 4.42 Å². The van der Waals surface area contributed by atoms with E-state index >= 15 is 0 Å². The Morgan fingerprint density at radius 2 is 1.88 bits per heavy atom. The molecular weight excluding hydrogens is 292 g/mol. The third-order valence-corrected chi connectivity index (χ3v) is 5.50. The lowest BCUT2D eigenvalue weighted by Gasteiger charge is -2.29. The summed E-state index contributed by atoms with van der Waals surface area (Å²) < 4.78 is 5.63. The molecule has 24 heavy (non-hydrogen) atoms. The molecule has 2 aliphatic rings. The highest BCUT2D eigenvalue weighted by Gasteiger charge is 2.26. The topological polar surface area (TPSA) is 13.1 Å². The summed E-state index contributed by atoms with van der Waals surface area (Å²) >= 11 is 0. The first-order valence-electron chi connectivity index (χ1n) is 8.83. The Bertz CT molecular complexity index is 915. The quantitative estimate of drug-likeness (QED) is 0.584. The van der Waals surface area contributed by atoms with Gasteiger partial charge in [0.1, 0.15) is 5.76 Å². The smallest absolute Gasteiger partial charge is 0.104 e. The zero-order valence-corrected chi connectivity index (χ0v) is 13.7. The van der Waals surface area contributed by atoms with Crippen LogP contribution in [0.1, 0.15) is 40.4 Å². The molecule has 5 rings (SSSR count). The molecule has 0 N–H and O–H groups in total. The van der Waals surface area contributed by atoms with Gasteiger partial charge in [-0.2, -0.15) is 0 Å². The molecule has 0 radical (unpaired) electrons. The number of hydrogen-bond donors (Lipinski definition) is 0. The molecule has 118 valence electrons. The monoisotopic (exact) mass is 312 g/mol. The zero-order valence-electron chi connectivity index (χ0n) is 13.7. The Hall–Kier alpha value is -2.54. The summed E-state index contributed by atoms with van der Waals surface area (Å²) in [4.78, 5) is 0. The summed E-state index contributed by atoms with van der Waals surface area (Å²) in [5.41, 5.74) is 8.87. The molecular formula is C23H20O. The number of allylic oxidation sites excluding steroid dienone is 1. The van der Waals surface area contributed by atoms with Crippen molar-refractivity contribution in [2.75, 3.05) is 0 Å². The first kappa shape index (κ1) is 13.9. The van der Waals surface area contributed by atoms with E-state index in [1.165, 1.54) is 22.3 Å². The van der Waals surface area contributed by atoms with Gasteiger partial charge in [-0.15, -0.1) is 0 Å². The molecule has 1 heterocycles. The number of aryl methyl sites for hydroxylation is 1. The van der Waals surface area contributed by atoms with E-state index in [1.54, 1.807) is 17.4 Å². The van der Waals surface area contributed by atoms with Crippen LogP contribution in [0.2, 0.25) is 0 Å². The van der Waals surface area contributed by atoms with Crippen molar-refractivity contribution in [2.45, 2.75) is 31.6 Å². The average molecular weight is 312 g/mol. The van der Waals surface area contributed by atoms with E-state index in [0.717, 1.165) is 31.4 Å². The Labute approximate surface area is 142 Å². The SMILES string of the molecule is C1=Cc2ccc3c(c2C(Cc2ccco2)C1)CCc1ccccc1-3. The number of fused-ring (bicyclic) bond motifs is 5. The highest BCUT2D eigenvalue weighted by atomic mass is 16.3. The predicted octanol–water partition coefficient (Wildman–Crippen LogP) is 5.79. The van der Waals surface area contributed by atoms with Crippen LogP contribution in [-0.4, -0.2) is 0 Å². The molecule has 2 aliphatic carbocycles. The van der Waals surface area contributed by atoms with E-state index in [4.69, 9.17) is 4.42 Å². The first-order valence-corrected chi connectivity index (χ1v) is 8.83. The minimum atomic E-state index is 0.524. The Morgan fingerprint density at radius 1 is 0.917 bits per heavy atom. The molecule has 1 atom stereocenters. The second-order valence-electron chi connectivity index (χ2n) is 6.87. The Kier molecular flexibility index (Phi) is 3.19. The van der Waals surface area contributed by atoms with Crippen LogP contribution in [0.25, 0.3) is 17.2 Å². The van der Waals surface area contributed by atoms with Gasteiger partial charge in [-0.3, -0.25) is 0 Å². The van der Waals surface area contributed by atoms with Crippen molar-refractivity contribution in [3.05, 3.63) is 88.9 Å². The number of furan rings is 1. The van der Waals surface area contributed by atoms with Crippen LogP contribution in [0.15, 0.2) is 65.3 Å². The van der Waals surface area contributed by atoms with Gasteiger partial charge in [0.15, 0.2) is 0 Å². The van der Waals surface area contributed by atoms with Gasteiger partial charge >= 0.3 is 0 Å². The van der Waals surface area contributed by atoms with Crippen molar-refractivity contribution in [1.82, 2.24) is 0 Å². The molecule has 0 fully saturated rings. The lowest BCUT2D eigenvalue weighted by molar-refractivity contribution is 0.484. The van der Waals surface area contributed by atoms with Crippen LogP contribution in [0.3, 0.4) is 0 Å². The van der Waals surface area contributed by atoms with Gasteiger partial charge in [0, 0.05) is 6.42 Å². The molecule has 0 amide bonds. The maximum atomic E-state index is 5.63. The summed E-state index contributed by atoms with van der Waals surface area (Å²) in [6, 6.07) is 17.6. The van der Waals surface area contributed by atoms with Crippen LogP contribution in [-0.2, 0) is 19.3 Å². The minimum absolute atomic E-state index is 0.524.